The van der Waals surface area contributed by atoms with Crippen LogP contribution in [0.5, 0.6) is 0 Å². The van der Waals surface area contributed by atoms with Crippen molar-refractivity contribution in [3.8, 4) is 0 Å². The Balaban J connectivity index is 1.57. The van der Waals surface area contributed by atoms with Gasteiger partial charge in [0.05, 0.1) is 12.2 Å². The van der Waals surface area contributed by atoms with Crippen LogP contribution < -0.4 is 10.3 Å². The Labute approximate surface area is 205 Å². The second-order valence-electron chi connectivity index (χ2n) is 8.80. The molecule has 2 saturated heterocycles. The van der Waals surface area contributed by atoms with Crippen LogP contribution in [-0.2, 0) is 4.79 Å². The van der Waals surface area contributed by atoms with Gasteiger partial charge in [0.2, 0.25) is 0 Å². The monoisotopic (exact) mass is 501 g/mol. The van der Waals surface area contributed by atoms with E-state index in [2.05, 4.69) is 15.4 Å². The molecule has 2 aliphatic rings. The Morgan fingerprint density at radius 2 is 2.17 bits per heavy atom. The number of piperazine rings is 1. The van der Waals surface area contributed by atoms with Crippen molar-refractivity contribution in [1.82, 2.24) is 29.8 Å². The molecular formula is C23H25ClFN7O3. The number of hydrazine groups is 1. The molecule has 3 aromatic rings. The first-order valence-corrected chi connectivity index (χ1v) is 11.8. The summed E-state index contributed by atoms with van der Waals surface area (Å²) in [4.78, 5) is 31.5. The highest BCUT2D eigenvalue weighted by Crippen LogP contribution is 2.39. The lowest BCUT2D eigenvalue weighted by molar-refractivity contribution is -0.125. The van der Waals surface area contributed by atoms with Crippen molar-refractivity contribution in [3.63, 3.8) is 0 Å². The first kappa shape index (κ1) is 23.5. The van der Waals surface area contributed by atoms with E-state index in [0.717, 1.165) is 6.42 Å². The maximum Gasteiger partial charge on any atom is 0.407 e. The molecule has 0 bridgehead atoms. The van der Waals surface area contributed by atoms with Crippen LogP contribution in [0.3, 0.4) is 0 Å². The lowest BCUT2D eigenvalue weighted by Crippen LogP contribution is -2.63. The third kappa shape index (κ3) is 4.30. The highest BCUT2D eigenvalue weighted by Gasteiger charge is 2.41. The summed E-state index contributed by atoms with van der Waals surface area (Å²) < 4.78 is 15.7. The molecule has 184 valence electrons. The molecule has 2 aromatic heterocycles. The fourth-order valence-electron chi connectivity index (χ4n) is 4.87. The Hall–Kier alpha value is -3.28. The molecule has 2 aliphatic heterocycles. The average Bonchev–Trinajstić information content (AvgIpc) is 3.49. The number of carboxylic acid groups (broad SMARTS) is 1. The second-order valence-corrected chi connectivity index (χ2v) is 9.21. The largest absolute Gasteiger partial charge is 0.465 e. The van der Waals surface area contributed by atoms with Gasteiger partial charge in [-0.25, -0.2) is 28.7 Å². The fourth-order valence-corrected chi connectivity index (χ4v) is 5.11. The van der Waals surface area contributed by atoms with E-state index in [1.807, 2.05) is 5.01 Å². The van der Waals surface area contributed by atoms with Crippen LogP contribution in [0.25, 0.3) is 5.65 Å². The number of amides is 2. The van der Waals surface area contributed by atoms with Gasteiger partial charge in [0.15, 0.2) is 5.65 Å². The minimum atomic E-state index is -1.08. The third-order valence-corrected chi connectivity index (χ3v) is 6.96. The number of carbonyl (C=O) groups excluding carboxylic acids is 1. The highest BCUT2D eigenvalue weighted by atomic mass is 35.5. The molecule has 0 spiro atoms. The van der Waals surface area contributed by atoms with Gasteiger partial charge >= 0.3 is 6.09 Å². The van der Waals surface area contributed by atoms with E-state index >= 15 is 0 Å². The van der Waals surface area contributed by atoms with Crippen LogP contribution >= 0.6 is 11.6 Å². The lowest BCUT2D eigenvalue weighted by Gasteiger charge is -2.41. The van der Waals surface area contributed by atoms with Gasteiger partial charge in [0.1, 0.15) is 17.5 Å². The number of hydrogen-bond donors (Lipinski definition) is 2. The number of halogens is 2. The topological polar surface area (TPSA) is 106 Å². The summed E-state index contributed by atoms with van der Waals surface area (Å²) in [5.74, 6) is -0.755. The Bertz CT molecular complexity index is 1270. The quantitative estimate of drug-likeness (QED) is 0.566. The molecule has 2 fully saturated rings. The fraction of sp³-hybridized carbons (Fsp3) is 0.391. The molecule has 3 atom stereocenters. The van der Waals surface area contributed by atoms with Gasteiger partial charge in [0.25, 0.3) is 5.91 Å². The summed E-state index contributed by atoms with van der Waals surface area (Å²) in [6, 6.07) is 4.53. The first-order valence-electron chi connectivity index (χ1n) is 11.4. The molecule has 5 rings (SSSR count). The number of fused-ring (bicyclic) bond motifs is 1. The molecule has 0 aliphatic carbocycles. The van der Waals surface area contributed by atoms with E-state index in [9.17, 15) is 19.1 Å². The molecule has 2 amide bonds. The van der Waals surface area contributed by atoms with E-state index in [4.69, 9.17) is 11.6 Å². The number of carbonyl (C=O) groups is 2. The normalized spacial score (nSPS) is 23.1. The molecule has 4 heterocycles. The molecule has 0 saturated carbocycles. The maximum atomic E-state index is 14.2. The summed E-state index contributed by atoms with van der Waals surface area (Å²) in [6.45, 7) is 2.64. The zero-order valence-corrected chi connectivity index (χ0v) is 19.8. The zero-order valence-electron chi connectivity index (χ0n) is 19.0. The van der Waals surface area contributed by atoms with Gasteiger partial charge in [-0.1, -0.05) is 11.6 Å². The van der Waals surface area contributed by atoms with E-state index in [1.165, 1.54) is 28.1 Å². The predicted octanol–water partition coefficient (Wildman–Crippen LogP) is 2.95. The van der Waals surface area contributed by atoms with Crippen molar-refractivity contribution >= 4 is 34.9 Å². The number of nitrogens with zero attached hydrogens (tertiary/aromatic N) is 6. The van der Waals surface area contributed by atoms with Crippen LogP contribution in [0.4, 0.5) is 14.9 Å². The summed E-state index contributed by atoms with van der Waals surface area (Å²) in [5, 5.41) is 20.9. The molecule has 1 aromatic carbocycles. The second kappa shape index (κ2) is 9.40. The predicted molar refractivity (Wildman–Crippen MR) is 127 cm³/mol. The molecular weight excluding hydrogens is 477 g/mol. The van der Waals surface area contributed by atoms with Gasteiger partial charge in [-0.2, -0.15) is 5.10 Å². The molecule has 35 heavy (non-hydrogen) atoms. The number of anilines is 1. The number of aromatic nitrogens is 3. The summed E-state index contributed by atoms with van der Waals surface area (Å²) in [7, 11) is 0. The van der Waals surface area contributed by atoms with Crippen LogP contribution in [0, 0.1) is 5.82 Å². The lowest BCUT2D eigenvalue weighted by atomic mass is 10.0. The van der Waals surface area contributed by atoms with Crippen LogP contribution in [0.2, 0.25) is 5.02 Å². The number of hydrogen-bond acceptors (Lipinski definition) is 6. The van der Waals surface area contributed by atoms with Gasteiger partial charge in [-0.3, -0.25) is 4.79 Å². The molecule has 12 heteroatoms. The van der Waals surface area contributed by atoms with Crippen LogP contribution in [-0.4, -0.2) is 73.3 Å². The number of nitrogens with one attached hydrogen (secondary N) is 1. The third-order valence-electron chi connectivity index (χ3n) is 6.61. The van der Waals surface area contributed by atoms with Crippen molar-refractivity contribution in [2.75, 3.05) is 24.6 Å². The smallest absolute Gasteiger partial charge is 0.407 e. The van der Waals surface area contributed by atoms with Crippen molar-refractivity contribution in [1.29, 1.82) is 0 Å². The Kier molecular flexibility index (Phi) is 6.30. The Morgan fingerprint density at radius 1 is 1.34 bits per heavy atom. The van der Waals surface area contributed by atoms with E-state index in [0.29, 0.717) is 41.4 Å². The van der Waals surface area contributed by atoms with Gasteiger partial charge < -0.3 is 15.3 Å². The van der Waals surface area contributed by atoms with E-state index in [-0.39, 0.29) is 24.5 Å². The molecule has 10 nitrogen and oxygen atoms in total. The summed E-state index contributed by atoms with van der Waals surface area (Å²) >= 11 is 6.45. The minimum Gasteiger partial charge on any atom is -0.465 e. The van der Waals surface area contributed by atoms with Gasteiger partial charge in [-0.05, 0) is 49.6 Å². The van der Waals surface area contributed by atoms with Gasteiger partial charge in [-0.15, -0.1) is 0 Å². The zero-order chi connectivity index (χ0) is 24.7. The van der Waals surface area contributed by atoms with Crippen molar-refractivity contribution in [3.05, 3.63) is 59.3 Å². The van der Waals surface area contributed by atoms with Crippen molar-refractivity contribution < 1.29 is 19.1 Å². The summed E-state index contributed by atoms with van der Waals surface area (Å²) in [5.41, 5.74) is 1.51. The molecule has 0 radical (unpaired) electrons. The highest BCUT2D eigenvalue weighted by molar-refractivity contribution is 6.31. The van der Waals surface area contributed by atoms with Gasteiger partial charge in [0, 0.05) is 43.1 Å². The molecule has 2 unspecified atom stereocenters. The first-order chi connectivity index (χ1) is 16.8. The minimum absolute atomic E-state index is 0.00228. The SMILES string of the molecule is CC1CNC(C(=O)N(c2cnn3cccnc23)N2CCC[C@@H]2c2cc(F)ccc2Cl)CN1C(=O)O. The Morgan fingerprint density at radius 3 is 2.97 bits per heavy atom. The molecule has 2 N–H and O–H groups in total. The number of benzene rings is 1. The van der Waals surface area contributed by atoms with Crippen LogP contribution in [0.1, 0.15) is 31.4 Å². The maximum absolute atomic E-state index is 14.2. The van der Waals surface area contributed by atoms with E-state index < -0.39 is 18.0 Å². The van der Waals surface area contributed by atoms with Crippen LogP contribution in [0.15, 0.2) is 42.9 Å². The summed E-state index contributed by atoms with van der Waals surface area (Å²) in [6.07, 6.45) is 5.24. The number of rotatable bonds is 4. The standard InChI is InChI=1S/C23H25ClFN7O3/c1-14-11-27-18(13-29(14)23(34)35)22(33)32(20-12-28-30-8-3-7-26-21(20)30)31-9-2-4-19(31)16-10-15(25)5-6-17(16)24/h3,5-8,10,12,14,18-19,27H,2,4,9,11,13H2,1H3,(H,34,35)/t14?,18?,19-/m1/s1. The average molecular weight is 502 g/mol. The van der Waals surface area contributed by atoms with Crippen molar-refractivity contribution in [2.45, 2.75) is 37.9 Å². The van der Waals surface area contributed by atoms with E-state index in [1.54, 1.807) is 36.1 Å². The van der Waals surface area contributed by atoms with Crippen molar-refractivity contribution in [2.24, 2.45) is 0 Å².